The lowest BCUT2D eigenvalue weighted by molar-refractivity contribution is -0.139. The SMILES string of the molecule is COc1ccc(C)cc1N(CC(=O)N(CCc1ccccc1)[C@H](C)C(=O)NC1CCCCC1)S(=O)(=O)c1ccccc1. The summed E-state index contributed by atoms with van der Waals surface area (Å²) in [7, 11) is -2.70. The number of nitrogens with one attached hydrogen (secondary N) is 1. The maximum atomic E-state index is 14.1. The molecule has 2 amide bonds. The fourth-order valence-corrected chi connectivity index (χ4v) is 6.80. The van der Waals surface area contributed by atoms with Gasteiger partial charge in [0, 0.05) is 12.6 Å². The predicted molar refractivity (Wildman–Crippen MR) is 165 cm³/mol. The number of benzene rings is 3. The molecule has 1 N–H and O–H groups in total. The quantitative estimate of drug-likeness (QED) is 0.316. The van der Waals surface area contributed by atoms with Gasteiger partial charge in [-0.3, -0.25) is 13.9 Å². The Kier molecular flexibility index (Phi) is 10.6. The molecule has 3 aromatic rings. The van der Waals surface area contributed by atoms with Crippen molar-refractivity contribution in [3.8, 4) is 5.75 Å². The van der Waals surface area contributed by atoms with Crippen LogP contribution in [-0.2, 0) is 26.0 Å². The maximum Gasteiger partial charge on any atom is 0.264 e. The second-order valence-corrected chi connectivity index (χ2v) is 12.7. The van der Waals surface area contributed by atoms with E-state index in [1.54, 1.807) is 37.3 Å². The number of methoxy groups -OCH3 is 1. The molecule has 0 saturated heterocycles. The lowest BCUT2D eigenvalue weighted by Crippen LogP contribution is -2.53. The number of sulfonamides is 1. The minimum Gasteiger partial charge on any atom is -0.495 e. The molecule has 8 nitrogen and oxygen atoms in total. The summed E-state index contributed by atoms with van der Waals surface area (Å²) < 4.78 is 34.7. The zero-order chi connectivity index (χ0) is 30.1. The third kappa shape index (κ3) is 7.70. The van der Waals surface area contributed by atoms with Crippen LogP contribution in [-0.4, -0.2) is 57.4 Å². The predicted octanol–water partition coefficient (Wildman–Crippen LogP) is 5.11. The number of nitrogens with zero attached hydrogens (tertiary/aromatic N) is 2. The fourth-order valence-electron chi connectivity index (χ4n) is 5.37. The molecule has 0 radical (unpaired) electrons. The molecule has 4 rings (SSSR count). The summed E-state index contributed by atoms with van der Waals surface area (Å²) in [5, 5.41) is 3.13. The molecule has 224 valence electrons. The van der Waals surface area contributed by atoms with Crippen molar-refractivity contribution in [3.05, 3.63) is 90.0 Å². The summed E-state index contributed by atoms with van der Waals surface area (Å²) >= 11 is 0. The van der Waals surface area contributed by atoms with E-state index in [1.807, 2.05) is 43.3 Å². The van der Waals surface area contributed by atoms with Gasteiger partial charge in [0.25, 0.3) is 10.0 Å². The van der Waals surface area contributed by atoms with Crippen molar-refractivity contribution >= 4 is 27.5 Å². The first-order valence-electron chi connectivity index (χ1n) is 14.6. The molecule has 0 heterocycles. The van der Waals surface area contributed by atoms with Crippen LogP contribution in [0, 0.1) is 6.92 Å². The number of rotatable bonds is 12. The van der Waals surface area contributed by atoms with Crippen LogP contribution in [0.5, 0.6) is 5.75 Å². The summed E-state index contributed by atoms with van der Waals surface area (Å²) in [5.41, 5.74) is 2.09. The standard InChI is InChI=1S/C33H41N3O5S/c1-25-19-20-31(41-3)30(23-25)36(42(39,40)29-17-11-6-12-18-29)24-32(37)35(22-21-27-13-7-4-8-14-27)26(2)33(38)34-28-15-9-5-10-16-28/h4,6-8,11-14,17-20,23,26,28H,5,9-10,15-16,21-22,24H2,1-3H3,(H,34,38)/t26-/m1/s1. The second kappa shape index (κ2) is 14.4. The number of hydrogen-bond donors (Lipinski definition) is 1. The van der Waals surface area contributed by atoms with Gasteiger partial charge in [-0.1, -0.05) is 73.9 Å². The Morgan fingerprint density at radius 3 is 2.24 bits per heavy atom. The van der Waals surface area contributed by atoms with Crippen molar-refractivity contribution in [2.75, 3.05) is 24.5 Å². The van der Waals surface area contributed by atoms with Crippen molar-refractivity contribution in [1.82, 2.24) is 10.2 Å². The number of ether oxygens (including phenoxy) is 1. The van der Waals surface area contributed by atoms with Gasteiger partial charge in [0.2, 0.25) is 11.8 Å². The minimum absolute atomic E-state index is 0.0558. The Hall–Kier alpha value is -3.85. The molecule has 0 bridgehead atoms. The Labute approximate surface area is 249 Å². The van der Waals surface area contributed by atoms with E-state index in [0.717, 1.165) is 47.5 Å². The molecule has 1 aliphatic rings. The number of aryl methyl sites for hydroxylation is 1. The van der Waals surface area contributed by atoms with Crippen LogP contribution in [0.4, 0.5) is 5.69 Å². The van der Waals surface area contributed by atoms with Gasteiger partial charge in [0.15, 0.2) is 0 Å². The Bertz CT molecular complexity index is 1440. The normalized spacial score (nSPS) is 14.5. The number of anilines is 1. The van der Waals surface area contributed by atoms with Crippen LogP contribution in [0.1, 0.15) is 50.2 Å². The number of hydrogen-bond acceptors (Lipinski definition) is 5. The Balaban J connectivity index is 1.68. The molecule has 1 aliphatic carbocycles. The number of amides is 2. The first kappa shape index (κ1) is 31.1. The first-order chi connectivity index (χ1) is 20.2. The number of carbonyl (C=O) groups is 2. The van der Waals surface area contributed by atoms with E-state index in [1.165, 1.54) is 24.1 Å². The largest absolute Gasteiger partial charge is 0.495 e. The van der Waals surface area contributed by atoms with E-state index in [-0.39, 0.29) is 29.1 Å². The van der Waals surface area contributed by atoms with E-state index in [4.69, 9.17) is 4.74 Å². The van der Waals surface area contributed by atoms with Crippen molar-refractivity contribution < 1.29 is 22.7 Å². The van der Waals surface area contributed by atoms with E-state index < -0.39 is 28.5 Å². The van der Waals surface area contributed by atoms with E-state index in [2.05, 4.69) is 5.32 Å². The van der Waals surface area contributed by atoms with Crippen molar-refractivity contribution in [3.63, 3.8) is 0 Å². The van der Waals surface area contributed by atoms with Gasteiger partial charge in [-0.25, -0.2) is 8.42 Å². The van der Waals surface area contributed by atoms with Gasteiger partial charge in [-0.2, -0.15) is 0 Å². The van der Waals surface area contributed by atoms with Gasteiger partial charge in [-0.15, -0.1) is 0 Å². The van der Waals surface area contributed by atoms with Crippen LogP contribution >= 0.6 is 0 Å². The molecule has 9 heteroatoms. The molecule has 42 heavy (non-hydrogen) atoms. The van der Waals surface area contributed by atoms with Crippen LogP contribution in [0.2, 0.25) is 0 Å². The summed E-state index contributed by atoms with van der Waals surface area (Å²) in [5.74, 6) is -0.374. The van der Waals surface area contributed by atoms with E-state index in [9.17, 15) is 18.0 Å². The van der Waals surface area contributed by atoms with Gasteiger partial charge < -0.3 is 15.0 Å². The van der Waals surface area contributed by atoms with Gasteiger partial charge >= 0.3 is 0 Å². The lowest BCUT2D eigenvalue weighted by Gasteiger charge is -2.33. The van der Waals surface area contributed by atoms with E-state index in [0.29, 0.717) is 12.2 Å². The third-order valence-corrected chi connectivity index (χ3v) is 9.59. The summed E-state index contributed by atoms with van der Waals surface area (Å²) in [4.78, 5) is 29.1. The zero-order valence-corrected chi connectivity index (χ0v) is 25.5. The average Bonchev–Trinajstić information content (AvgIpc) is 3.01. The third-order valence-electron chi connectivity index (χ3n) is 7.82. The highest BCUT2D eigenvalue weighted by molar-refractivity contribution is 7.92. The summed E-state index contributed by atoms with van der Waals surface area (Å²) in [6, 6.07) is 22.3. The topological polar surface area (TPSA) is 96.0 Å². The molecule has 1 atom stereocenters. The van der Waals surface area contributed by atoms with Crippen molar-refractivity contribution in [2.45, 2.75) is 69.4 Å². The molecule has 1 fully saturated rings. The molecule has 0 unspecified atom stereocenters. The highest BCUT2D eigenvalue weighted by atomic mass is 32.2. The molecular weight excluding hydrogens is 550 g/mol. The maximum absolute atomic E-state index is 14.1. The minimum atomic E-state index is -4.16. The number of carbonyl (C=O) groups excluding carboxylic acids is 2. The zero-order valence-electron chi connectivity index (χ0n) is 24.7. The molecule has 0 aliphatic heterocycles. The molecule has 0 spiro atoms. The summed E-state index contributed by atoms with van der Waals surface area (Å²) in [6.07, 6.45) is 5.67. The van der Waals surface area contributed by atoms with Gasteiger partial charge in [0.05, 0.1) is 17.7 Å². The Morgan fingerprint density at radius 1 is 0.952 bits per heavy atom. The highest BCUT2D eigenvalue weighted by Crippen LogP contribution is 2.33. The van der Waals surface area contributed by atoms with Crippen LogP contribution in [0.15, 0.2) is 83.8 Å². The van der Waals surface area contributed by atoms with Gasteiger partial charge in [-0.05, 0) is 68.5 Å². The molecule has 3 aromatic carbocycles. The average molecular weight is 592 g/mol. The van der Waals surface area contributed by atoms with E-state index >= 15 is 0 Å². The second-order valence-electron chi connectivity index (χ2n) is 10.8. The molecule has 0 aromatic heterocycles. The van der Waals surface area contributed by atoms with Crippen molar-refractivity contribution in [2.24, 2.45) is 0 Å². The van der Waals surface area contributed by atoms with Crippen molar-refractivity contribution in [1.29, 1.82) is 0 Å². The monoisotopic (exact) mass is 591 g/mol. The smallest absolute Gasteiger partial charge is 0.264 e. The van der Waals surface area contributed by atoms with Crippen LogP contribution < -0.4 is 14.4 Å². The molecule has 1 saturated carbocycles. The Morgan fingerprint density at radius 2 is 1.60 bits per heavy atom. The highest BCUT2D eigenvalue weighted by Gasteiger charge is 2.34. The first-order valence-corrected chi connectivity index (χ1v) is 16.0. The van der Waals surface area contributed by atoms with Crippen LogP contribution in [0.3, 0.4) is 0 Å². The fraction of sp³-hybridized carbons (Fsp3) is 0.394. The van der Waals surface area contributed by atoms with Crippen LogP contribution in [0.25, 0.3) is 0 Å². The molecular formula is C33H41N3O5S. The van der Waals surface area contributed by atoms with Gasteiger partial charge in [0.1, 0.15) is 18.3 Å². The lowest BCUT2D eigenvalue weighted by atomic mass is 9.95. The summed E-state index contributed by atoms with van der Waals surface area (Å²) in [6.45, 7) is 3.32.